The molecule has 4 nitrogen and oxygen atoms in total. The highest BCUT2D eigenvalue weighted by Gasteiger charge is 2.15. The number of nitrogens with one attached hydrogen (secondary N) is 1. The van der Waals surface area contributed by atoms with Crippen molar-refractivity contribution in [2.75, 3.05) is 5.75 Å². The summed E-state index contributed by atoms with van der Waals surface area (Å²) in [5.74, 6) is -2.52. The molecule has 0 spiro atoms. The molecule has 0 aliphatic rings. The summed E-state index contributed by atoms with van der Waals surface area (Å²) >= 11 is 1.21. The van der Waals surface area contributed by atoms with Crippen LogP contribution in [0, 0.1) is 11.6 Å². The first kappa shape index (κ1) is 14.4. The summed E-state index contributed by atoms with van der Waals surface area (Å²) in [6.07, 6.45) is 0.316. The number of thioether (sulfide) groups is 1. The zero-order valence-corrected chi connectivity index (χ0v) is 10.0. The van der Waals surface area contributed by atoms with Gasteiger partial charge in [0.15, 0.2) is 11.6 Å². The van der Waals surface area contributed by atoms with E-state index in [1.54, 1.807) is 0 Å². The standard InChI is InChI=1S/C11H11F2NO3S/c12-8-2-1-7(3-9(8)13)4-18-5-10(11(16)17)14-6-15/h1-3,6,10H,4-5H2,(H,14,15)(H,16,17). The highest BCUT2D eigenvalue weighted by molar-refractivity contribution is 7.98. The monoisotopic (exact) mass is 275 g/mol. The van der Waals surface area contributed by atoms with Gasteiger partial charge in [-0.1, -0.05) is 6.07 Å². The van der Waals surface area contributed by atoms with Gasteiger partial charge >= 0.3 is 5.97 Å². The second kappa shape index (κ2) is 6.95. The molecule has 0 aliphatic carbocycles. The Kier molecular flexibility index (Phi) is 5.57. The third-order valence-corrected chi connectivity index (χ3v) is 3.21. The number of halogens is 2. The van der Waals surface area contributed by atoms with Crippen LogP contribution in [-0.4, -0.2) is 29.3 Å². The van der Waals surface area contributed by atoms with Crippen LogP contribution in [0.25, 0.3) is 0 Å². The normalized spacial score (nSPS) is 11.9. The number of benzene rings is 1. The Bertz CT molecular complexity index is 442. The van der Waals surface area contributed by atoms with E-state index in [0.29, 0.717) is 17.7 Å². The number of hydrogen-bond donors (Lipinski definition) is 2. The average Bonchev–Trinajstić information content (AvgIpc) is 2.32. The largest absolute Gasteiger partial charge is 0.480 e. The van der Waals surface area contributed by atoms with Gasteiger partial charge in [-0.3, -0.25) is 4.79 Å². The minimum Gasteiger partial charge on any atom is -0.480 e. The molecule has 98 valence electrons. The second-order valence-corrected chi connectivity index (χ2v) is 4.47. The van der Waals surface area contributed by atoms with Crippen molar-refractivity contribution in [2.45, 2.75) is 11.8 Å². The molecule has 0 fully saturated rings. The van der Waals surface area contributed by atoms with Gasteiger partial charge in [0.25, 0.3) is 0 Å². The zero-order valence-electron chi connectivity index (χ0n) is 9.23. The van der Waals surface area contributed by atoms with Crippen LogP contribution < -0.4 is 5.32 Å². The molecule has 7 heteroatoms. The minimum absolute atomic E-state index is 0.146. The summed E-state index contributed by atoms with van der Waals surface area (Å²) in [7, 11) is 0. The van der Waals surface area contributed by atoms with Crippen molar-refractivity contribution in [1.82, 2.24) is 5.32 Å². The fourth-order valence-electron chi connectivity index (χ4n) is 1.20. The van der Waals surface area contributed by atoms with Gasteiger partial charge in [-0.05, 0) is 17.7 Å². The predicted octanol–water partition coefficient (Wildman–Crippen LogP) is 1.40. The number of aliphatic carboxylic acids is 1. The molecule has 1 aromatic carbocycles. The molecule has 18 heavy (non-hydrogen) atoms. The average molecular weight is 275 g/mol. The van der Waals surface area contributed by atoms with Crippen LogP contribution >= 0.6 is 11.8 Å². The maximum absolute atomic E-state index is 12.9. The molecular formula is C11H11F2NO3S. The van der Waals surface area contributed by atoms with Gasteiger partial charge in [0, 0.05) is 11.5 Å². The molecule has 0 saturated carbocycles. The van der Waals surface area contributed by atoms with E-state index < -0.39 is 23.6 Å². The van der Waals surface area contributed by atoms with Crippen LogP contribution in [0.4, 0.5) is 8.78 Å². The summed E-state index contributed by atoms with van der Waals surface area (Å²) < 4.78 is 25.5. The summed E-state index contributed by atoms with van der Waals surface area (Å²) in [6, 6.07) is 2.51. The fourth-order valence-corrected chi connectivity index (χ4v) is 2.20. The lowest BCUT2D eigenvalue weighted by atomic mass is 10.2. The van der Waals surface area contributed by atoms with Crippen molar-refractivity contribution in [2.24, 2.45) is 0 Å². The van der Waals surface area contributed by atoms with Crippen LogP contribution in [-0.2, 0) is 15.3 Å². The van der Waals surface area contributed by atoms with Gasteiger partial charge in [-0.15, -0.1) is 0 Å². The number of carbonyl (C=O) groups is 2. The van der Waals surface area contributed by atoms with Crippen LogP contribution in [0.5, 0.6) is 0 Å². The lowest BCUT2D eigenvalue weighted by Crippen LogP contribution is -2.37. The Hall–Kier alpha value is -1.63. The van der Waals surface area contributed by atoms with E-state index >= 15 is 0 Å². The van der Waals surface area contributed by atoms with Gasteiger partial charge in [0.05, 0.1) is 0 Å². The lowest BCUT2D eigenvalue weighted by molar-refractivity contribution is -0.139. The summed E-state index contributed by atoms with van der Waals surface area (Å²) in [4.78, 5) is 20.8. The molecule has 0 aromatic heterocycles. The highest BCUT2D eigenvalue weighted by atomic mass is 32.2. The molecule has 2 N–H and O–H groups in total. The first-order valence-electron chi connectivity index (χ1n) is 4.98. The van der Waals surface area contributed by atoms with E-state index in [0.717, 1.165) is 12.1 Å². The minimum atomic E-state index is -1.14. The first-order chi connectivity index (χ1) is 8.54. The van der Waals surface area contributed by atoms with Gasteiger partial charge in [-0.2, -0.15) is 11.8 Å². The van der Waals surface area contributed by atoms with E-state index in [9.17, 15) is 18.4 Å². The Morgan fingerprint density at radius 2 is 2.17 bits per heavy atom. The third-order valence-electron chi connectivity index (χ3n) is 2.10. The Morgan fingerprint density at radius 1 is 1.44 bits per heavy atom. The maximum atomic E-state index is 12.9. The maximum Gasteiger partial charge on any atom is 0.327 e. The van der Waals surface area contributed by atoms with Crippen molar-refractivity contribution in [3.05, 3.63) is 35.4 Å². The summed E-state index contributed by atoms with van der Waals surface area (Å²) in [5.41, 5.74) is 0.550. The van der Waals surface area contributed by atoms with Crippen LogP contribution in [0.15, 0.2) is 18.2 Å². The van der Waals surface area contributed by atoms with Gasteiger partial charge < -0.3 is 10.4 Å². The summed E-state index contributed by atoms with van der Waals surface area (Å²) in [5, 5.41) is 10.9. The molecule has 1 aromatic rings. The number of rotatable bonds is 7. The molecule has 0 aliphatic heterocycles. The Morgan fingerprint density at radius 3 is 2.72 bits per heavy atom. The number of carbonyl (C=O) groups excluding carboxylic acids is 1. The molecule has 0 saturated heterocycles. The van der Waals surface area contributed by atoms with Crippen LogP contribution in [0.2, 0.25) is 0 Å². The molecule has 1 unspecified atom stereocenters. The van der Waals surface area contributed by atoms with Crippen LogP contribution in [0.1, 0.15) is 5.56 Å². The van der Waals surface area contributed by atoms with E-state index in [-0.39, 0.29) is 5.75 Å². The van der Waals surface area contributed by atoms with E-state index in [1.165, 1.54) is 17.8 Å². The Balaban J connectivity index is 2.47. The summed E-state index contributed by atoms with van der Waals surface area (Å²) in [6.45, 7) is 0. The Labute approximate surface area is 106 Å². The molecular weight excluding hydrogens is 264 g/mol. The van der Waals surface area contributed by atoms with Crippen LogP contribution in [0.3, 0.4) is 0 Å². The lowest BCUT2D eigenvalue weighted by Gasteiger charge is -2.10. The van der Waals surface area contributed by atoms with Crippen molar-refractivity contribution >= 4 is 24.1 Å². The first-order valence-corrected chi connectivity index (χ1v) is 6.14. The number of carboxylic acid groups (broad SMARTS) is 1. The number of amides is 1. The molecule has 0 radical (unpaired) electrons. The molecule has 0 bridgehead atoms. The highest BCUT2D eigenvalue weighted by Crippen LogP contribution is 2.16. The third kappa shape index (κ3) is 4.33. The fraction of sp³-hybridized carbons (Fsp3) is 0.273. The predicted molar refractivity (Wildman–Crippen MR) is 63.1 cm³/mol. The van der Waals surface area contributed by atoms with Crippen molar-refractivity contribution in [3.63, 3.8) is 0 Å². The van der Waals surface area contributed by atoms with E-state index in [2.05, 4.69) is 5.32 Å². The van der Waals surface area contributed by atoms with E-state index in [1.807, 2.05) is 0 Å². The van der Waals surface area contributed by atoms with Gasteiger partial charge in [0.1, 0.15) is 6.04 Å². The van der Waals surface area contributed by atoms with Gasteiger partial charge in [0.2, 0.25) is 6.41 Å². The number of hydrogen-bond acceptors (Lipinski definition) is 3. The van der Waals surface area contributed by atoms with Crippen molar-refractivity contribution in [1.29, 1.82) is 0 Å². The molecule has 1 rings (SSSR count). The van der Waals surface area contributed by atoms with E-state index in [4.69, 9.17) is 5.11 Å². The topological polar surface area (TPSA) is 66.4 Å². The van der Waals surface area contributed by atoms with Gasteiger partial charge in [-0.25, -0.2) is 13.6 Å². The molecule has 1 amide bonds. The van der Waals surface area contributed by atoms with Crippen molar-refractivity contribution in [3.8, 4) is 0 Å². The molecule has 0 heterocycles. The smallest absolute Gasteiger partial charge is 0.327 e. The molecule has 1 atom stereocenters. The zero-order chi connectivity index (χ0) is 13.5. The van der Waals surface area contributed by atoms with Crippen molar-refractivity contribution < 1.29 is 23.5 Å². The number of carboxylic acids is 1. The SMILES string of the molecule is O=CNC(CSCc1ccc(F)c(F)c1)C(=O)O. The quantitative estimate of drug-likeness (QED) is 0.738. The second-order valence-electron chi connectivity index (χ2n) is 3.44.